The molecule has 0 bridgehead atoms. The molecular weight excluding hydrogens is 292 g/mol. The first-order valence-electron chi connectivity index (χ1n) is 7.97. The summed E-state index contributed by atoms with van der Waals surface area (Å²) in [4.78, 5) is 14.4. The van der Waals surface area contributed by atoms with Gasteiger partial charge in [-0.05, 0) is 35.8 Å². The van der Waals surface area contributed by atoms with E-state index in [1.54, 1.807) is 11.7 Å². The van der Waals surface area contributed by atoms with Crippen molar-refractivity contribution < 1.29 is 4.79 Å². The van der Waals surface area contributed by atoms with Gasteiger partial charge in [-0.15, -0.1) is 5.10 Å². The fourth-order valence-corrected chi connectivity index (χ4v) is 3.08. The topological polar surface area (TPSA) is 75.9 Å². The number of hydrogen-bond donors (Lipinski definition) is 1. The lowest BCUT2D eigenvalue weighted by molar-refractivity contribution is 0.193. The highest BCUT2D eigenvalue weighted by Crippen LogP contribution is 2.32. The van der Waals surface area contributed by atoms with E-state index in [1.165, 1.54) is 11.1 Å². The first-order chi connectivity index (χ1) is 11.1. The van der Waals surface area contributed by atoms with Gasteiger partial charge in [0, 0.05) is 26.6 Å². The number of nitrogens with one attached hydrogen (secondary N) is 1. The molecule has 7 heteroatoms. The molecule has 0 aliphatic carbocycles. The molecule has 0 radical (unpaired) electrons. The SMILES string of the molecule is Cc1cccc(C2CCCN2C(=O)NCCc2nnnn2C)c1. The Bertz CT molecular complexity index is 683. The monoisotopic (exact) mass is 314 g/mol. The fraction of sp³-hybridized carbons (Fsp3) is 0.500. The highest BCUT2D eigenvalue weighted by molar-refractivity contribution is 5.75. The second-order valence-corrected chi connectivity index (χ2v) is 5.97. The largest absolute Gasteiger partial charge is 0.338 e. The van der Waals surface area contributed by atoms with E-state index in [4.69, 9.17) is 0 Å². The van der Waals surface area contributed by atoms with E-state index >= 15 is 0 Å². The predicted molar refractivity (Wildman–Crippen MR) is 85.8 cm³/mol. The van der Waals surface area contributed by atoms with Crippen molar-refractivity contribution >= 4 is 6.03 Å². The number of aromatic nitrogens is 4. The van der Waals surface area contributed by atoms with Crippen LogP contribution in [0.5, 0.6) is 0 Å². The van der Waals surface area contributed by atoms with Crippen LogP contribution in [0.4, 0.5) is 4.79 Å². The van der Waals surface area contributed by atoms with Gasteiger partial charge in [0.15, 0.2) is 5.82 Å². The van der Waals surface area contributed by atoms with Gasteiger partial charge < -0.3 is 10.2 Å². The summed E-state index contributed by atoms with van der Waals surface area (Å²) in [6.45, 7) is 3.41. The maximum Gasteiger partial charge on any atom is 0.317 e. The van der Waals surface area contributed by atoms with Crippen molar-refractivity contribution in [3.63, 3.8) is 0 Å². The molecule has 1 aliphatic rings. The van der Waals surface area contributed by atoms with Crippen LogP contribution in [0.15, 0.2) is 24.3 Å². The zero-order valence-electron chi connectivity index (χ0n) is 13.6. The smallest absolute Gasteiger partial charge is 0.317 e. The molecule has 1 aromatic heterocycles. The van der Waals surface area contributed by atoms with E-state index in [0.29, 0.717) is 13.0 Å². The van der Waals surface area contributed by atoms with Crippen LogP contribution in [0.25, 0.3) is 0 Å². The number of tetrazole rings is 1. The number of urea groups is 1. The molecule has 0 spiro atoms. The Hall–Kier alpha value is -2.44. The molecule has 3 rings (SSSR count). The summed E-state index contributed by atoms with van der Waals surface area (Å²) in [6.07, 6.45) is 2.68. The highest BCUT2D eigenvalue weighted by Gasteiger charge is 2.29. The third-order valence-electron chi connectivity index (χ3n) is 4.27. The lowest BCUT2D eigenvalue weighted by Crippen LogP contribution is -2.40. The summed E-state index contributed by atoms with van der Waals surface area (Å²) in [7, 11) is 1.80. The van der Waals surface area contributed by atoms with E-state index in [0.717, 1.165) is 25.2 Å². The van der Waals surface area contributed by atoms with Crippen LogP contribution < -0.4 is 5.32 Å². The molecule has 1 atom stereocenters. The number of amides is 2. The molecule has 1 aromatic carbocycles. The third-order valence-corrected chi connectivity index (χ3v) is 4.27. The average molecular weight is 314 g/mol. The lowest BCUT2D eigenvalue weighted by Gasteiger charge is -2.25. The maximum atomic E-state index is 12.5. The Morgan fingerprint density at radius 2 is 2.30 bits per heavy atom. The van der Waals surface area contributed by atoms with E-state index in [-0.39, 0.29) is 12.1 Å². The van der Waals surface area contributed by atoms with Crippen LogP contribution >= 0.6 is 0 Å². The number of benzene rings is 1. The summed E-state index contributed by atoms with van der Waals surface area (Å²) < 4.78 is 1.62. The molecule has 1 unspecified atom stereocenters. The van der Waals surface area contributed by atoms with Crippen molar-refractivity contribution in [3.8, 4) is 0 Å². The normalized spacial score (nSPS) is 17.5. The lowest BCUT2D eigenvalue weighted by atomic mass is 10.0. The van der Waals surface area contributed by atoms with E-state index in [1.807, 2.05) is 4.90 Å². The summed E-state index contributed by atoms with van der Waals surface area (Å²) in [5.41, 5.74) is 2.44. The number of likely N-dealkylation sites (tertiary alicyclic amines) is 1. The van der Waals surface area contributed by atoms with Crippen LogP contribution in [-0.2, 0) is 13.5 Å². The van der Waals surface area contributed by atoms with Gasteiger partial charge in [0.1, 0.15) is 0 Å². The minimum absolute atomic E-state index is 0.0101. The Morgan fingerprint density at radius 3 is 3.04 bits per heavy atom. The van der Waals surface area contributed by atoms with Crippen molar-refractivity contribution in [2.45, 2.75) is 32.2 Å². The molecule has 1 aliphatic heterocycles. The van der Waals surface area contributed by atoms with Crippen molar-refractivity contribution in [1.29, 1.82) is 0 Å². The van der Waals surface area contributed by atoms with Crippen molar-refractivity contribution in [3.05, 3.63) is 41.2 Å². The molecule has 2 amide bonds. The van der Waals surface area contributed by atoms with Gasteiger partial charge in [-0.3, -0.25) is 0 Å². The zero-order chi connectivity index (χ0) is 16.2. The second-order valence-electron chi connectivity index (χ2n) is 5.97. The molecule has 1 N–H and O–H groups in total. The summed E-state index contributed by atoms with van der Waals surface area (Å²) in [5, 5.41) is 14.3. The summed E-state index contributed by atoms with van der Waals surface area (Å²) >= 11 is 0. The molecule has 2 aromatic rings. The standard InChI is InChI=1S/C16H22N6O/c1-12-5-3-6-13(11-12)14-7-4-10-22(14)16(23)17-9-8-15-18-19-20-21(15)2/h3,5-6,11,14H,4,7-10H2,1-2H3,(H,17,23). The van der Waals surface area contributed by atoms with Crippen molar-refractivity contribution in [2.24, 2.45) is 7.05 Å². The average Bonchev–Trinajstić information content (AvgIpc) is 3.17. The van der Waals surface area contributed by atoms with Crippen LogP contribution in [0.1, 0.15) is 35.8 Å². The van der Waals surface area contributed by atoms with Crippen LogP contribution in [0.2, 0.25) is 0 Å². The van der Waals surface area contributed by atoms with Gasteiger partial charge in [-0.2, -0.15) is 0 Å². The van der Waals surface area contributed by atoms with Gasteiger partial charge in [-0.1, -0.05) is 29.8 Å². The number of rotatable bonds is 4. The minimum atomic E-state index is -0.0101. The first-order valence-corrected chi connectivity index (χ1v) is 7.97. The zero-order valence-corrected chi connectivity index (χ0v) is 13.6. The van der Waals surface area contributed by atoms with Gasteiger partial charge in [0.2, 0.25) is 0 Å². The summed E-state index contributed by atoms with van der Waals surface area (Å²) in [5.74, 6) is 0.766. The minimum Gasteiger partial charge on any atom is -0.338 e. The molecule has 0 saturated carbocycles. The van der Waals surface area contributed by atoms with Crippen molar-refractivity contribution in [1.82, 2.24) is 30.4 Å². The molecule has 2 heterocycles. The van der Waals surface area contributed by atoms with Gasteiger partial charge in [-0.25, -0.2) is 9.48 Å². The molecular formula is C16H22N6O. The Morgan fingerprint density at radius 1 is 1.43 bits per heavy atom. The van der Waals surface area contributed by atoms with E-state index in [2.05, 4.69) is 52.0 Å². The molecule has 23 heavy (non-hydrogen) atoms. The van der Waals surface area contributed by atoms with Crippen LogP contribution in [0.3, 0.4) is 0 Å². The molecule has 1 saturated heterocycles. The number of carbonyl (C=O) groups excluding carboxylic acids is 1. The second kappa shape index (κ2) is 6.76. The first kappa shape index (κ1) is 15.5. The van der Waals surface area contributed by atoms with Crippen LogP contribution in [-0.4, -0.2) is 44.2 Å². The Balaban J connectivity index is 1.59. The highest BCUT2D eigenvalue weighted by atomic mass is 16.2. The van der Waals surface area contributed by atoms with Gasteiger partial charge in [0.25, 0.3) is 0 Å². The Labute approximate surface area is 135 Å². The Kier molecular flexibility index (Phi) is 4.55. The van der Waals surface area contributed by atoms with Gasteiger partial charge >= 0.3 is 6.03 Å². The maximum absolute atomic E-state index is 12.5. The van der Waals surface area contributed by atoms with Gasteiger partial charge in [0.05, 0.1) is 6.04 Å². The third kappa shape index (κ3) is 3.49. The summed E-state index contributed by atoms with van der Waals surface area (Å²) in [6, 6.07) is 8.57. The number of hydrogen-bond acceptors (Lipinski definition) is 4. The van der Waals surface area contributed by atoms with E-state index in [9.17, 15) is 4.79 Å². The molecule has 7 nitrogen and oxygen atoms in total. The number of carbonyl (C=O) groups is 1. The predicted octanol–water partition coefficient (Wildman–Crippen LogP) is 1.61. The van der Waals surface area contributed by atoms with E-state index < -0.39 is 0 Å². The molecule has 1 fully saturated rings. The number of aryl methyl sites for hydroxylation is 2. The number of nitrogens with zero attached hydrogens (tertiary/aromatic N) is 5. The van der Waals surface area contributed by atoms with Crippen molar-refractivity contribution in [2.75, 3.05) is 13.1 Å². The molecule has 122 valence electrons. The van der Waals surface area contributed by atoms with Crippen LogP contribution in [0, 0.1) is 6.92 Å². The fourth-order valence-electron chi connectivity index (χ4n) is 3.08. The quantitative estimate of drug-likeness (QED) is 0.930.